The van der Waals surface area contributed by atoms with Crippen molar-refractivity contribution in [3.05, 3.63) is 95.6 Å². The lowest BCUT2D eigenvalue weighted by atomic mass is 10.1. The topological polar surface area (TPSA) is 91.7 Å². The minimum atomic E-state index is -0.543. The van der Waals surface area contributed by atoms with Gasteiger partial charge in [0.2, 0.25) is 0 Å². The second-order valence-electron chi connectivity index (χ2n) is 6.91. The third-order valence-corrected chi connectivity index (χ3v) is 4.78. The maximum atomic E-state index is 13.0. The molecular formula is C25H25N3O4. The van der Waals surface area contributed by atoms with E-state index in [1.54, 1.807) is 71.6 Å². The molecule has 2 aromatic carbocycles. The molecule has 2 N–H and O–H groups in total. The number of hydrogen-bond acceptors (Lipinski definition) is 4. The Morgan fingerprint density at radius 1 is 0.906 bits per heavy atom. The number of carbonyl (C=O) groups excluding carboxylic acids is 3. The highest BCUT2D eigenvalue weighted by molar-refractivity contribution is 6.10. The summed E-state index contributed by atoms with van der Waals surface area (Å²) in [5.74, 6) is -0.675. The van der Waals surface area contributed by atoms with E-state index in [-0.39, 0.29) is 11.6 Å². The van der Waals surface area contributed by atoms with Crippen LogP contribution in [0, 0.1) is 0 Å². The van der Waals surface area contributed by atoms with E-state index in [9.17, 15) is 14.4 Å². The molecule has 1 heterocycles. The van der Waals surface area contributed by atoms with Gasteiger partial charge in [-0.05, 0) is 56.3 Å². The van der Waals surface area contributed by atoms with E-state index in [0.717, 1.165) is 0 Å². The van der Waals surface area contributed by atoms with Crippen molar-refractivity contribution in [2.24, 2.45) is 0 Å². The van der Waals surface area contributed by atoms with Crippen LogP contribution in [0.2, 0.25) is 0 Å². The number of nitrogens with one attached hydrogen (secondary N) is 2. The van der Waals surface area contributed by atoms with Gasteiger partial charge in [-0.2, -0.15) is 0 Å². The van der Waals surface area contributed by atoms with Crippen molar-refractivity contribution in [2.45, 2.75) is 13.8 Å². The zero-order valence-corrected chi connectivity index (χ0v) is 18.0. The van der Waals surface area contributed by atoms with Crippen molar-refractivity contribution in [1.82, 2.24) is 10.2 Å². The number of anilines is 1. The summed E-state index contributed by atoms with van der Waals surface area (Å²) in [5.41, 5.74) is 1.33. The minimum Gasteiger partial charge on any atom is -0.465 e. The van der Waals surface area contributed by atoms with E-state index in [4.69, 9.17) is 4.42 Å². The maximum Gasteiger partial charge on any atom is 0.272 e. The third-order valence-electron chi connectivity index (χ3n) is 4.78. The van der Waals surface area contributed by atoms with Gasteiger partial charge in [0.05, 0.1) is 6.26 Å². The van der Waals surface area contributed by atoms with Gasteiger partial charge in [-0.3, -0.25) is 14.4 Å². The van der Waals surface area contributed by atoms with Gasteiger partial charge < -0.3 is 20.0 Å². The van der Waals surface area contributed by atoms with Crippen molar-refractivity contribution in [3.8, 4) is 0 Å². The second kappa shape index (κ2) is 10.8. The standard InChI is InChI=1S/C25H25N3O4/c1-3-28(4-2)25(31)19-12-8-13-20(16-19)26-24(30)22(17-21-14-9-15-32-21)27-23(29)18-10-6-5-7-11-18/h5-17H,3-4H2,1-2H3,(H,26,30)(H,27,29). The van der Waals surface area contributed by atoms with Crippen LogP contribution in [0.25, 0.3) is 6.08 Å². The molecule has 7 heteroatoms. The Bertz CT molecular complexity index is 1100. The molecule has 0 saturated heterocycles. The van der Waals surface area contributed by atoms with Crippen LogP contribution >= 0.6 is 0 Å². The fourth-order valence-electron chi connectivity index (χ4n) is 3.08. The molecule has 164 valence electrons. The first-order valence-electron chi connectivity index (χ1n) is 10.3. The molecule has 3 aromatic rings. The Morgan fingerprint density at radius 2 is 1.62 bits per heavy atom. The van der Waals surface area contributed by atoms with Crippen molar-refractivity contribution < 1.29 is 18.8 Å². The van der Waals surface area contributed by atoms with E-state index < -0.39 is 11.8 Å². The van der Waals surface area contributed by atoms with Crippen LogP contribution < -0.4 is 10.6 Å². The van der Waals surface area contributed by atoms with E-state index in [1.807, 2.05) is 13.8 Å². The van der Waals surface area contributed by atoms with Crippen molar-refractivity contribution in [3.63, 3.8) is 0 Å². The van der Waals surface area contributed by atoms with Gasteiger partial charge in [0.1, 0.15) is 11.5 Å². The molecule has 0 atom stereocenters. The Hall–Kier alpha value is -4.13. The second-order valence-corrected chi connectivity index (χ2v) is 6.91. The monoisotopic (exact) mass is 431 g/mol. The van der Waals surface area contributed by atoms with Crippen molar-refractivity contribution in [2.75, 3.05) is 18.4 Å². The van der Waals surface area contributed by atoms with Gasteiger partial charge in [-0.15, -0.1) is 0 Å². The summed E-state index contributed by atoms with van der Waals surface area (Å²) in [7, 11) is 0. The summed E-state index contributed by atoms with van der Waals surface area (Å²) in [6.07, 6.45) is 2.92. The third kappa shape index (κ3) is 5.72. The molecule has 1 aromatic heterocycles. The zero-order valence-electron chi connectivity index (χ0n) is 18.0. The molecule has 0 bridgehead atoms. The summed E-state index contributed by atoms with van der Waals surface area (Å²) in [4.78, 5) is 39.9. The average molecular weight is 431 g/mol. The molecule has 32 heavy (non-hydrogen) atoms. The highest BCUT2D eigenvalue weighted by Crippen LogP contribution is 2.15. The van der Waals surface area contributed by atoms with Crippen LogP contribution in [0.4, 0.5) is 5.69 Å². The molecule has 3 amide bonds. The number of rotatable bonds is 8. The smallest absolute Gasteiger partial charge is 0.272 e. The van der Waals surface area contributed by atoms with Crippen molar-refractivity contribution >= 4 is 29.5 Å². The molecule has 0 aliphatic rings. The molecule has 0 fully saturated rings. The molecule has 0 aliphatic carbocycles. The molecule has 0 unspecified atom stereocenters. The Balaban J connectivity index is 1.82. The molecule has 0 spiro atoms. The number of amides is 3. The van der Waals surface area contributed by atoms with Crippen LogP contribution in [0.1, 0.15) is 40.3 Å². The van der Waals surface area contributed by atoms with Crippen LogP contribution in [-0.4, -0.2) is 35.7 Å². The quantitative estimate of drug-likeness (QED) is 0.524. The lowest BCUT2D eigenvalue weighted by Gasteiger charge is -2.19. The average Bonchev–Trinajstić information content (AvgIpc) is 3.33. The Morgan fingerprint density at radius 3 is 2.28 bits per heavy atom. The molecule has 7 nitrogen and oxygen atoms in total. The SMILES string of the molecule is CCN(CC)C(=O)c1cccc(NC(=O)C(=Cc2ccco2)NC(=O)c2ccccc2)c1. The van der Waals surface area contributed by atoms with Gasteiger partial charge in [-0.1, -0.05) is 24.3 Å². The zero-order chi connectivity index (χ0) is 22.9. The van der Waals surface area contributed by atoms with Crippen LogP contribution in [0.15, 0.2) is 83.1 Å². The van der Waals surface area contributed by atoms with Gasteiger partial charge in [0.25, 0.3) is 17.7 Å². The van der Waals surface area contributed by atoms with Crippen LogP contribution in [0.5, 0.6) is 0 Å². The predicted molar refractivity (Wildman–Crippen MR) is 123 cm³/mol. The highest BCUT2D eigenvalue weighted by Gasteiger charge is 2.17. The largest absolute Gasteiger partial charge is 0.465 e. The van der Waals surface area contributed by atoms with Gasteiger partial charge in [-0.25, -0.2) is 0 Å². The first kappa shape index (κ1) is 22.6. The van der Waals surface area contributed by atoms with Gasteiger partial charge in [0, 0.05) is 36.0 Å². The van der Waals surface area contributed by atoms with E-state index in [1.165, 1.54) is 12.3 Å². The molecular weight excluding hydrogens is 406 g/mol. The van der Waals surface area contributed by atoms with E-state index in [0.29, 0.717) is 35.7 Å². The first-order valence-corrected chi connectivity index (χ1v) is 10.3. The molecule has 0 radical (unpaired) electrons. The van der Waals surface area contributed by atoms with Crippen LogP contribution in [0.3, 0.4) is 0 Å². The highest BCUT2D eigenvalue weighted by atomic mass is 16.3. The Labute approximate surface area is 186 Å². The summed E-state index contributed by atoms with van der Waals surface area (Å²) in [6, 6.07) is 18.6. The first-order chi connectivity index (χ1) is 15.5. The van der Waals surface area contributed by atoms with Crippen LogP contribution in [-0.2, 0) is 4.79 Å². The summed E-state index contributed by atoms with van der Waals surface area (Å²) >= 11 is 0. The van der Waals surface area contributed by atoms with Gasteiger partial charge in [0.15, 0.2) is 0 Å². The Kier molecular flexibility index (Phi) is 7.59. The number of nitrogens with zero attached hydrogens (tertiary/aromatic N) is 1. The van der Waals surface area contributed by atoms with E-state index in [2.05, 4.69) is 10.6 Å². The lowest BCUT2D eigenvalue weighted by molar-refractivity contribution is -0.113. The van der Waals surface area contributed by atoms with E-state index >= 15 is 0 Å². The number of hydrogen-bond donors (Lipinski definition) is 2. The van der Waals surface area contributed by atoms with Crippen molar-refractivity contribution in [1.29, 1.82) is 0 Å². The maximum absolute atomic E-state index is 13.0. The van der Waals surface area contributed by atoms with Gasteiger partial charge >= 0.3 is 0 Å². The summed E-state index contributed by atoms with van der Waals surface area (Å²) in [5, 5.41) is 5.39. The fraction of sp³-hybridized carbons (Fsp3) is 0.160. The summed E-state index contributed by atoms with van der Waals surface area (Å²) < 4.78 is 5.30. The molecule has 0 saturated carbocycles. The minimum absolute atomic E-state index is 0.00859. The predicted octanol–water partition coefficient (Wildman–Crippen LogP) is 4.17. The molecule has 0 aliphatic heterocycles. The summed E-state index contributed by atoms with van der Waals surface area (Å²) in [6.45, 7) is 5.00. The lowest BCUT2D eigenvalue weighted by Crippen LogP contribution is -2.31. The fourth-order valence-corrected chi connectivity index (χ4v) is 3.08. The number of benzene rings is 2. The number of furan rings is 1. The normalized spacial score (nSPS) is 11.0. The number of carbonyl (C=O) groups is 3. The molecule has 3 rings (SSSR count).